The molecule has 0 radical (unpaired) electrons. The minimum absolute atomic E-state index is 0.621. The normalized spacial score (nSPS) is 15.5. The SMILES string of the molecule is CCCCC/C=C\C/C=C\CCCCCC/C=C/C(CCCCCCCC/C=C\C/C=C\CCCCC)N(C)CCCCC1CCNCC1. The van der Waals surface area contributed by atoms with Crippen molar-refractivity contribution in [1.29, 1.82) is 0 Å². The molecule has 0 spiro atoms. The van der Waals surface area contributed by atoms with Gasteiger partial charge in [0.25, 0.3) is 0 Å². The van der Waals surface area contributed by atoms with Gasteiger partial charge >= 0.3 is 0 Å². The van der Waals surface area contributed by atoms with Gasteiger partial charge in [-0.2, -0.15) is 0 Å². The first-order chi connectivity index (χ1) is 24.3. The van der Waals surface area contributed by atoms with Gasteiger partial charge < -0.3 is 5.32 Å². The maximum Gasteiger partial charge on any atom is 0.0275 e. The zero-order chi connectivity index (χ0) is 35.1. The highest BCUT2D eigenvalue weighted by molar-refractivity contribution is 4.95. The Morgan fingerprint density at radius 3 is 1.47 bits per heavy atom. The molecule has 2 nitrogen and oxygen atoms in total. The molecule has 284 valence electrons. The Bertz CT molecular complexity index is 799. The van der Waals surface area contributed by atoms with Crippen LogP contribution in [0.15, 0.2) is 60.8 Å². The Kier molecular flexibility index (Phi) is 35.3. The summed E-state index contributed by atoms with van der Waals surface area (Å²) in [5, 5.41) is 3.52. The molecule has 1 N–H and O–H groups in total. The molecule has 0 aromatic rings. The molecule has 1 heterocycles. The van der Waals surface area contributed by atoms with Gasteiger partial charge in [-0.15, -0.1) is 0 Å². The molecule has 49 heavy (non-hydrogen) atoms. The van der Waals surface area contributed by atoms with Crippen molar-refractivity contribution in [3.8, 4) is 0 Å². The molecule has 1 saturated heterocycles. The summed E-state index contributed by atoms with van der Waals surface area (Å²) in [5.74, 6) is 0.971. The van der Waals surface area contributed by atoms with Crippen LogP contribution in [0.3, 0.4) is 0 Å². The van der Waals surface area contributed by atoms with Gasteiger partial charge in [0.05, 0.1) is 0 Å². The first-order valence-corrected chi connectivity index (χ1v) is 22.0. The van der Waals surface area contributed by atoms with E-state index in [1.54, 1.807) is 0 Å². The number of hydrogen-bond donors (Lipinski definition) is 1. The molecule has 0 aromatic carbocycles. The Labute approximate surface area is 308 Å². The standard InChI is InChI=1S/C47H86N2/c1-4-6-8-10-12-14-16-18-20-22-24-26-28-30-32-34-39-47(49(3)45-37-36-38-46-41-43-48-44-42-46)40-35-33-31-29-27-25-23-21-19-17-15-13-11-9-7-5-2/h12-15,18-21,34,39,46-48H,4-11,16-17,22-33,35-38,40-45H2,1-3H3/b14-12-,15-13-,20-18-,21-19-,39-34+. The molecule has 1 rings (SSSR count). The Balaban J connectivity index is 2.22. The third-order valence-electron chi connectivity index (χ3n) is 10.5. The van der Waals surface area contributed by atoms with Crippen LogP contribution in [0.5, 0.6) is 0 Å². The molecule has 1 aliphatic rings. The highest BCUT2D eigenvalue weighted by Crippen LogP contribution is 2.20. The van der Waals surface area contributed by atoms with Crippen LogP contribution in [0.25, 0.3) is 0 Å². The third-order valence-corrected chi connectivity index (χ3v) is 10.5. The van der Waals surface area contributed by atoms with E-state index in [1.807, 2.05) is 0 Å². The fourth-order valence-corrected chi connectivity index (χ4v) is 7.09. The minimum Gasteiger partial charge on any atom is -0.317 e. The van der Waals surface area contributed by atoms with E-state index in [1.165, 1.54) is 193 Å². The van der Waals surface area contributed by atoms with Gasteiger partial charge in [-0.05, 0) is 135 Å². The Morgan fingerprint density at radius 2 is 0.959 bits per heavy atom. The third kappa shape index (κ3) is 32.3. The van der Waals surface area contributed by atoms with Crippen LogP contribution in [-0.2, 0) is 0 Å². The number of allylic oxidation sites excluding steroid dienone is 9. The number of rotatable bonds is 35. The van der Waals surface area contributed by atoms with Gasteiger partial charge in [0.2, 0.25) is 0 Å². The van der Waals surface area contributed by atoms with E-state index >= 15 is 0 Å². The quantitative estimate of drug-likeness (QED) is 0.0530. The van der Waals surface area contributed by atoms with Crippen LogP contribution >= 0.6 is 0 Å². The van der Waals surface area contributed by atoms with E-state index in [4.69, 9.17) is 0 Å². The summed E-state index contributed by atoms with van der Waals surface area (Å²) in [6.45, 7) is 8.28. The predicted molar refractivity (Wildman–Crippen MR) is 224 cm³/mol. The molecule has 0 bridgehead atoms. The van der Waals surface area contributed by atoms with Gasteiger partial charge in [-0.25, -0.2) is 0 Å². The molecular formula is C47H86N2. The predicted octanol–water partition coefficient (Wildman–Crippen LogP) is 14.6. The number of hydrogen-bond acceptors (Lipinski definition) is 2. The average Bonchev–Trinajstić information content (AvgIpc) is 3.12. The molecule has 1 fully saturated rings. The second kappa shape index (κ2) is 37.9. The maximum atomic E-state index is 3.52. The number of piperidine rings is 1. The molecule has 0 saturated carbocycles. The summed E-state index contributed by atoms with van der Waals surface area (Å²) in [7, 11) is 2.39. The summed E-state index contributed by atoms with van der Waals surface area (Å²) in [6.07, 6.45) is 62.7. The Hall–Kier alpha value is -1.38. The lowest BCUT2D eigenvalue weighted by Crippen LogP contribution is -2.31. The fraction of sp³-hybridized carbons (Fsp3) is 0.787. The van der Waals surface area contributed by atoms with Crippen LogP contribution in [-0.4, -0.2) is 37.6 Å². The largest absolute Gasteiger partial charge is 0.317 e. The molecule has 2 heteroatoms. The van der Waals surface area contributed by atoms with Crippen molar-refractivity contribution in [3.63, 3.8) is 0 Å². The van der Waals surface area contributed by atoms with E-state index in [0.717, 1.165) is 18.8 Å². The van der Waals surface area contributed by atoms with E-state index in [-0.39, 0.29) is 0 Å². The molecular weight excluding hydrogens is 593 g/mol. The van der Waals surface area contributed by atoms with E-state index in [2.05, 4.69) is 91.9 Å². The van der Waals surface area contributed by atoms with Crippen molar-refractivity contribution in [2.24, 2.45) is 5.92 Å². The molecule has 1 aliphatic heterocycles. The summed E-state index contributed by atoms with van der Waals surface area (Å²) in [6, 6.07) is 0.621. The first-order valence-electron chi connectivity index (χ1n) is 22.0. The van der Waals surface area contributed by atoms with Crippen LogP contribution in [0, 0.1) is 5.92 Å². The highest BCUT2D eigenvalue weighted by Gasteiger charge is 2.14. The molecule has 1 atom stereocenters. The summed E-state index contributed by atoms with van der Waals surface area (Å²) in [4.78, 5) is 2.68. The van der Waals surface area contributed by atoms with E-state index < -0.39 is 0 Å². The van der Waals surface area contributed by atoms with Crippen molar-refractivity contribution >= 4 is 0 Å². The first kappa shape index (κ1) is 45.6. The monoisotopic (exact) mass is 679 g/mol. The molecule has 0 amide bonds. The van der Waals surface area contributed by atoms with Crippen molar-refractivity contribution < 1.29 is 0 Å². The average molecular weight is 679 g/mol. The summed E-state index contributed by atoms with van der Waals surface area (Å²) >= 11 is 0. The lowest BCUT2D eigenvalue weighted by molar-refractivity contribution is 0.252. The van der Waals surface area contributed by atoms with Crippen molar-refractivity contribution in [3.05, 3.63) is 60.8 Å². The van der Waals surface area contributed by atoms with Gasteiger partial charge in [-0.3, -0.25) is 4.90 Å². The van der Waals surface area contributed by atoms with E-state index in [9.17, 15) is 0 Å². The van der Waals surface area contributed by atoms with Crippen LogP contribution in [0.4, 0.5) is 0 Å². The lowest BCUT2D eigenvalue weighted by atomic mass is 9.92. The number of nitrogens with zero attached hydrogens (tertiary/aromatic N) is 1. The van der Waals surface area contributed by atoms with E-state index in [0.29, 0.717) is 6.04 Å². The van der Waals surface area contributed by atoms with Gasteiger partial charge in [0.1, 0.15) is 0 Å². The van der Waals surface area contributed by atoms with Crippen LogP contribution in [0.1, 0.15) is 200 Å². The second-order valence-corrected chi connectivity index (χ2v) is 15.2. The molecule has 1 unspecified atom stereocenters. The van der Waals surface area contributed by atoms with Crippen molar-refractivity contribution in [1.82, 2.24) is 10.2 Å². The topological polar surface area (TPSA) is 15.3 Å². The number of unbranched alkanes of at least 4 members (excludes halogenated alkanes) is 18. The number of nitrogens with one attached hydrogen (secondary N) is 1. The smallest absolute Gasteiger partial charge is 0.0275 e. The van der Waals surface area contributed by atoms with Crippen molar-refractivity contribution in [2.75, 3.05) is 26.7 Å². The molecule has 0 aliphatic carbocycles. The van der Waals surface area contributed by atoms with Gasteiger partial charge in [-0.1, -0.05) is 158 Å². The van der Waals surface area contributed by atoms with Crippen molar-refractivity contribution in [2.45, 2.75) is 206 Å². The van der Waals surface area contributed by atoms with Crippen LogP contribution < -0.4 is 5.32 Å². The van der Waals surface area contributed by atoms with Gasteiger partial charge in [0.15, 0.2) is 0 Å². The maximum absolute atomic E-state index is 3.52. The van der Waals surface area contributed by atoms with Gasteiger partial charge in [0, 0.05) is 6.04 Å². The Morgan fingerprint density at radius 1 is 0.510 bits per heavy atom. The van der Waals surface area contributed by atoms with Crippen LogP contribution in [0.2, 0.25) is 0 Å². The zero-order valence-corrected chi connectivity index (χ0v) is 33.5. The highest BCUT2D eigenvalue weighted by atomic mass is 15.1. The molecule has 0 aromatic heterocycles. The number of likely N-dealkylation sites (N-methyl/N-ethyl adjacent to an activating group) is 1. The zero-order valence-electron chi connectivity index (χ0n) is 33.5. The summed E-state index contributed by atoms with van der Waals surface area (Å²) < 4.78 is 0. The fourth-order valence-electron chi connectivity index (χ4n) is 7.09. The summed E-state index contributed by atoms with van der Waals surface area (Å²) in [5.41, 5.74) is 0. The second-order valence-electron chi connectivity index (χ2n) is 15.2. The lowest BCUT2D eigenvalue weighted by Gasteiger charge is -2.27. The minimum atomic E-state index is 0.621.